The first-order chi connectivity index (χ1) is 8.99. The highest BCUT2D eigenvalue weighted by molar-refractivity contribution is 5.14. The second-order valence-corrected chi connectivity index (χ2v) is 6.48. The predicted molar refractivity (Wildman–Crippen MR) is 76.9 cm³/mol. The van der Waals surface area contributed by atoms with E-state index in [0.717, 1.165) is 19.6 Å². The first kappa shape index (κ1) is 14.5. The van der Waals surface area contributed by atoms with Crippen LogP contribution >= 0.6 is 0 Å². The van der Waals surface area contributed by atoms with Crippen molar-refractivity contribution in [1.82, 2.24) is 4.90 Å². The smallest absolute Gasteiger partial charge is 0.0937 e. The molecule has 0 amide bonds. The van der Waals surface area contributed by atoms with Gasteiger partial charge in [-0.15, -0.1) is 0 Å². The largest absolute Gasteiger partial charge is 0.394 e. The number of ether oxygens (including phenoxy) is 1. The third kappa shape index (κ3) is 4.03. The molecule has 1 aliphatic rings. The molecule has 0 saturated carbocycles. The van der Waals surface area contributed by atoms with Gasteiger partial charge in [0.05, 0.1) is 18.8 Å². The zero-order valence-electron chi connectivity index (χ0n) is 12.2. The van der Waals surface area contributed by atoms with Crippen LogP contribution in [0.15, 0.2) is 30.3 Å². The molecule has 2 rings (SSSR count). The SMILES string of the molecule is CC(C)(C)[C@@H]1CN(Cc2ccccc2)C[C@@H](CO)O1. The highest BCUT2D eigenvalue weighted by Gasteiger charge is 2.34. The lowest BCUT2D eigenvalue weighted by Crippen LogP contribution is -2.52. The van der Waals surface area contributed by atoms with Gasteiger partial charge in [0.2, 0.25) is 0 Å². The Bertz CT molecular complexity index is 385. The van der Waals surface area contributed by atoms with Crippen LogP contribution in [0.2, 0.25) is 0 Å². The van der Waals surface area contributed by atoms with E-state index in [-0.39, 0.29) is 24.2 Å². The molecule has 0 radical (unpaired) electrons. The topological polar surface area (TPSA) is 32.7 Å². The first-order valence-electron chi connectivity index (χ1n) is 7.01. The molecule has 3 heteroatoms. The summed E-state index contributed by atoms with van der Waals surface area (Å²) in [7, 11) is 0. The minimum absolute atomic E-state index is 0.0679. The third-order valence-electron chi connectivity index (χ3n) is 3.66. The quantitative estimate of drug-likeness (QED) is 0.908. The third-order valence-corrected chi connectivity index (χ3v) is 3.66. The monoisotopic (exact) mass is 263 g/mol. The van der Waals surface area contributed by atoms with Crippen LogP contribution in [0.3, 0.4) is 0 Å². The molecule has 1 aromatic carbocycles. The number of hydrogen-bond donors (Lipinski definition) is 1. The minimum atomic E-state index is -0.0679. The summed E-state index contributed by atoms with van der Waals surface area (Å²) in [6.07, 6.45) is 0.101. The lowest BCUT2D eigenvalue weighted by atomic mass is 9.87. The Morgan fingerprint density at radius 1 is 1.21 bits per heavy atom. The van der Waals surface area contributed by atoms with Crippen molar-refractivity contribution in [3.8, 4) is 0 Å². The van der Waals surface area contributed by atoms with E-state index in [1.165, 1.54) is 5.56 Å². The normalized spacial score (nSPS) is 25.5. The highest BCUT2D eigenvalue weighted by Crippen LogP contribution is 2.28. The van der Waals surface area contributed by atoms with Gasteiger partial charge in [-0.25, -0.2) is 0 Å². The molecule has 2 atom stereocenters. The van der Waals surface area contributed by atoms with Gasteiger partial charge in [0, 0.05) is 19.6 Å². The Morgan fingerprint density at radius 3 is 2.47 bits per heavy atom. The molecule has 1 N–H and O–H groups in total. The molecule has 0 aliphatic carbocycles. The molecule has 19 heavy (non-hydrogen) atoms. The number of hydrogen-bond acceptors (Lipinski definition) is 3. The van der Waals surface area contributed by atoms with Crippen LogP contribution in [-0.2, 0) is 11.3 Å². The number of rotatable bonds is 3. The fourth-order valence-electron chi connectivity index (χ4n) is 2.46. The molecule has 1 aliphatic heterocycles. The van der Waals surface area contributed by atoms with E-state index in [9.17, 15) is 5.11 Å². The number of morpholine rings is 1. The second-order valence-electron chi connectivity index (χ2n) is 6.48. The summed E-state index contributed by atoms with van der Waals surface area (Å²) in [4.78, 5) is 2.38. The summed E-state index contributed by atoms with van der Waals surface area (Å²) in [5.74, 6) is 0. The van der Waals surface area contributed by atoms with Crippen molar-refractivity contribution in [3.63, 3.8) is 0 Å². The number of nitrogens with zero attached hydrogens (tertiary/aromatic N) is 1. The lowest BCUT2D eigenvalue weighted by molar-refractivity contribution is -0.141. The fraction of sp³-hybridized carbons (Fsp3) is 0.625. The summed E-state index contributed by atoms with van der Waals surface area (Å²) in [6, 6.07) is 10.5. The van der Waals surface area contributed by atoms with Gasteiger partial charge in [-0.3, -0.25) is 4.90 Å². The number of aliphatic hydroxyl groups excluding tert-OH is 1. The van der Waals surface area contributed by atoms with Crippen LogP contribution in [0.25, 0.3) is 0 Å². The van der Waals surface area contributed by atoms with E-state index in [1.54, 1.807) is 0 Å². The summed E-state index contributed by atoms with van der Waals surface area (Å²) in [5.41, 5.74) is 1.41. The standard InChI is InChI=1S/C16H25NO2/c1-16(2,3)15-11-17(10-14(12-18)19-15)9-13-7-5-4-6-8-13/h4-8,14-15,18H,9-12H2,1-3H3/t14-,15-/m0/s1. The van der Waals surface area contributed by atoms with Crippen molar-refractivity contribution in [1.29, 1.82) is 0 Å². The van der Waals surface area contributed by atoms with Gasteiger partial charge in [-0.2, -0.15) is 0 Å². The molecule has 0 spiro atoms. The van der Waals surface area contributed by atoms with Crippen LogP contribution in [0.1, 0.15) is 26.3 Å². The highest BCUT2D eigenvalue weighted by atomic mass is 16.5. The number of benzene rings is 1. The molecular formula is C16H25NO2. The second kappa shape index (κ2) is 6.04. The van der Waals surface area contributed by atoms with Crippen LogP contribution < -0.4 is 0 Å². The van der Waals surface area contributed by atoms with Gasteiger partial charge in [-0.05, 0) is 11.0 Å². The fourth-order valence-corrected chi connectivity index (χ4v) is 2.46. The van der Waals surface area contributed by atoms with Crippen molar-refractivity contribution in [2.24, 2.45) is 5.41 Å². The molecule has 1 saturated heterocycles. The molecule has 1 aromatic rings. The average molecular weight is 263 g/mol. The van der Waals surface area contributed by atoms with Crippen LogP contribution in [0.4, 0.5) is 0 Å². The van der Waals surface area contributed by atoms with Crippen LogP contribution in [0.5, 0.6) is 0 Å². The minimum Gasteiger partial charge on any atom is -0.394 e. The maximum atomic E-state index is 9.41. The molecule has 1 heterocycles. The van der Waals surface area contributed by atoms with Crippen molar-refractivity contribution in [2.75, 3.05) is 19.7 Å². The molecule has 3 nitrogen and oxygen atoms in total. The van der Waals surface area contributed by atoms with Crippen molar-refractivity contribution in [2.45, 2.75) is 39.5 Å². The van der Waals surface area contributed by atoms with Gasteiger partial charge in [0.15, 0.2) is 0 Å². The summed E-state index contributed by atoms with van der Waals surface area (Å²) < 4.78 is 5.98. The summed E-state index contributed by atoms with van der Waals surface area (Å²) in [5, 5.41) is 9.41. The molecular weight excluding hydrogens is 238 g/mol. The van der Waals surface area contributed by atoms with Crippen molar-refractivity contribution in [3.05, 3.63) is 35.9 Å². The molecule has 106 valence electrons. The maximum Gasteiger partial charge on any atom is 0.0937 e. The van der Waals surface area contributed by atoms with Crippen LogP contribution in [-0.4, -0.2) is 41.9 Å². The maximum absolute atomic E-state index is 9.41. The Kier molecular flexibility index (Phi) is 4.61. The van der Waals surface area contributed by atoms with Crippen molar-refractivity contribution < 1.29 is 9.84 Å². The molecule has 1 fully saturated rings. The molecule has 0 unspecified atom stereocenters. The van der Waals surface area contributed by atoms with E-state index < -0.39 is 0 Å². The van der Waals surface area contributed by atoms with E-state index in [2.05, 4.69) is 49.9 Å². The lowest BCUT2D eigenvalue weighted by Gasteiger charge is -2.43. The summed E-state index contributed by atoms with van der Waals surface area (Å²) in [6.45, 7) is 9.33. The van der Waals surface area contributed by atoms with E-state index >= 15 is 0 Å². The van der Waals surface area contributed by atoms with E-state index in [0.29, 0.717) is 0 Å². The molecule has 0 bridgehead atoms. The van der Waals surface area contributed by atoms with Crippen LogP contribution in [0, 0.1) is 5.41 Å². The zero-order valence-corrected chi connectivity index (χ0v) is 12.2. The van der Waals surface area contributed by atoms with Gasteiger partial charge in [0.1, 0.15) is 0 Å². The molecule has 0 aromatic heterocycles. The van der Waals surface area contributed by atoms with Gasteiger partial charge < -0.3 is 9.84 Å². The first-order valence-corrected chi connectivity index (χ1v) is 7.01. The van der Waals surface area contributed by atoms with Gasteiger partial charge >= 0.3 is 0 Å². The van der Waals surface area contributed by atoms with Crippen molar-refractivity contribution >= 4 is 0 Å². The Balaban J connectivity index is 2.03. The predicted octanol–water partition coefficient (Wildman–Crippen LogP) is 2.29. The van der Waals surface area contributed by atoms with Gasteiger partial charge in [-0.1, -0.05) is 51.1 Å². The average Bonchev–Trinajstić information content (AvgIpc) is 2.38. The van der Waals surface area contributed by atoms with E-state index in [1.807, 2.05) is 6.07 Å². The van der Waals surface area contributed by atoms with Gasteiger partial charge in [0.25, 0.3) is 0 Å². The Hall–Kier alpha value is -0.900. The Morgan fingerprint density at radius 2 is 1.89 bits per heavy atom. The summed E-state index contributed by atoms with van der Waals surface area (Å²) >= 11 is 0. The zero-order chi connectivity index (χ0) is 13.9. The van der Waals surface area contributed by atoms with E-state index in [4.69, 9.17) is 4.74 Å². The Labute approximate surface area is 116 Å². The number of aliphatic hydroxyl groups is 1.